The zero-order chi connectivity index (χ0) is 21.4. The smallest absolute Gasteiger partial charge is 0.229 e. The molecule has 2 aromatic carbocycles. The van der Waals surface area contributed by atoms with Gasteiger partial charge in [0.25, 0.3) is 0 Å². The van der Waals surface area contributed by atoms with E-state index in [1.54, 1.807) is 24.3 Å². The van der Waals surface area contributed by atoms with Crippen molar-refractivity contribution in [2.45, 2.75) is 24.6 Å². The predicted molar refractivity (Wildman–Crippen MR) is 105 cm³/mol. The molecule has 9 heteroatoms. The van der Waals surface area contributed by atoms with Crippen molar-refractivity contribution in [2.24, 2.45) is 0 Å². The summed E-state index contributed by atoms with van der Waals surface area (Å²) in [6, 6.07) is 11.6. The van der Waals surface area contributed by atoms with Gasteiger partial charge in [-0.15, -0.1) is 0 Å². The molecule has 1 saturated heterocycles. The summed E-state index contributed by atoms with van der Waals surface area (Å²) < 4.78 is 21.8. The molecule has 9 nitrogen and oxygen atoms in total. The molecule has 0 spiro atoms. The molecule has 0 radical (unpaired) electrons. The second-order valence-corrected chi connectivity index (χ2v) is 6.84. The number of hydrogen-bond donors (Lipinski definition) is 4. The lowest BCUT2D eigenvalue weighted by Gasteiger charge is -2.35. The highest BCUT2D eigenvalue weighted by atomic mass is 16.7. The molecule has 4 rings (SSSR count). The molecule has 0 amide bonds. The van der Waals surface area contributed by atoms with Gasteiger partial charge in [-0.2, -0.15) is 0 Å². The van der Waals surface area contributed by atoms with Gasteiger partial charge in [0.2, 0.25) is 12.0 Å². The van der Waals surface area contributed by atoms with Gasteiger partial charge >= 0.3 is 0 Å². The molecule has 2 heterocycles. The molecule has 4 atom stereocenters. The van der Waals surface area contributed by atoms with Gasteiger partial charge in [-0.25, -0.2) is 0 Å². The summed E-state index contributed by atoms with van der Waals surface area (Å²) in [6.07, 6.45) is -5.78. The molecule has 0 bridgehead atoms. The minimum atomic E-state index is -1.59. The van der Waals surface area contributed by atoms with Gasteiger partial charge in [0.15, 0.2) is 16.9 Å². The van der Waals surface area contributed by atoms with E-state index >= 15 is 0 Å². The number of aromatic hydroxyl groups is 1. The Labute approximate surface area is 170 Å². The Kier molecular flexibility index (Phi) is 5.35. The van der Waals surface area contributed by atoms with Gasteiger partial charge in [0.1, 0.15) is 35.0 Å². The first-order valence-corrected chi connectivity index (χ1v) is 9.16. The lowest BCUT2D eigenvalue weighted by atomic mass is 10.1. The van der Waals surface area contributed by atoms with Crippen molar-refractivity contribution in [1.29, 1.82) is 0 Å². The number of aliphatic hydroxyl groups is 3. The summed E-state index contributed by atoms with van der Waals surface area (Å²) >= 11 is 0. The molecule has 30 heavy (non-hydrogen) atoms. The second kappa shape index (κ2) is 7.96. The summed E-state index contributed by atoms with van der Waals surface area (Å²) in [4.78, 5) is 12.7. The largest absolute Gasteiger partial charge is 0.504 e. The summed E-state index contributed by atoms with van der Waals surface area (Å²) in [7, 11) is 1.32. The average Bonchev–Trinajstić information content (AvgIpc) is 2.75. The van der Waals surface area contributed by atoms with Gasteiger partial charge in [-0.3, -0.25) is 4.79 Å². The standard InChI is InChI=1S/C21H20O9/c1-27-15-8-14-16(11(22)7-13(29-14)10-5-3-2-4-6-10)18(25)20(15)30-21-19(26)17(24)12(23)9-28-21/h2-8,12,17,19,21,23-26H,9H2,1H3. The molecule has 3 aromatic rings. The Hall–Kier alpha value is -3.11. The van der Waals surface area contributed by atoms with Crippen molar-refractivity contribution in [1.82, 2.24) is 0 Å². The van der Waals surface area contributed by atoms with E-state index in [1.165, 1.54) is 19.2 Å². The summed E-state index contributed by atoms with van der Waals surface area (Å²) in [5.41, 5.74) is 0.242. The lowest BCUT2D eigenvalue weighted by Crippen LogP contribution is -2.54. The van der Waals surface area contributed by atoms with E-state index in [0.29, 0.717) is 11.3 Å². The molecular weight excluding hydrogens is 396 g/mol. The molecule has 158 valence electrons. The van der Waals surface area contributed by atoms with Crippen molar-refractivity contribution in [2.75, 3.05) is 13.7 Å². The molecule has 1 aliphatic heterocycles. The Balaban J connectivity index is 1.79. The van der Waals surface area contributed by atoms with Crippen molar-refractivity contribution in [3.05, 3.63) is 52.7 Å². The van der Waals surface area contributed by atoms with Crippen LogP contribution in [0.1, 0.15) is 0 Å². The van der Waals surface area contributed by atoms with Gasteiger partial charge in [0.05, 0.1) is 13.7 Å². The zero-order valence-electron chi connectivity index (χ0n) is 15.9. The molecule has 4 unspecified atom stereocenters. The maximum atomic E-state index is 12.7. The lowest BCUT2D eigenvalue weighted by molar-refractivity contribution is -0.242. The number of benzene rings is 2. The van der Waals surface area contributed by atoms with Gasteiger partial charge < -0.3 is 39.1 Å². The minimum absolute atomic E-state index is 0.0183. The predicted octanol–water partition coefficient (Wildman–Crippen LogP) is 0.992. The SMILES string of the molecule is COc1cc2oc(-c3ccccc3)cc(=O)c2c(O)c1OC1OCC(O)C(O)C1O. The van der Waals surface area contributed by atoms with Crippen LogP contribution in [0.4, 0.5) is 0 Å². The van der Waals surface area contributed by atoms with E-state index in [-0.39, 0.29) is 29.1 Å². The van der Waals surface area contributed by atoms with E-state index in [9.17, 15) is 25.2 Å². The van der Waals surface area contributed by atoms with Crippen molar-refractivity contribution in [3.8, 4) is 28.6 Å². The molecule has 0 aliphatic carbocycles. The van der Waals surface area contributed by atoms with Crippen LogP contribution in [-0.2, 0) is 4.74 Å². The van der Waals surface area contributed by atoms with Crippen LogP contribution in [-0.4, -0.2) is 58.7 Å². The Morgan fingerprint density at radius 2 is 1.80 bits per heavy atom. The van der Waals surface area contributed by atoms with Crippen LogP contribution in [0.5, 0.6) is 17.2 Å². The van der Waals surface area contributed by atoms with E-state index in [4.69, 9.17) is 18.6 Å². The number of rotatable bonds is 4. The molecule has 1 aromatic heterocycles. The maximum Gasteiger partial charge on any atom is 0.229 e. The Morgan fingerprint density at radius 1 is 1.07 bits per heavy atom. The first-order valence-electron chi connectivity index (χ1n) is 9.16. The second-order valence-electron chi connectivity index (χ2n) is 6.84. The fourth-order valence-corrected chi connectivity index (χ4v) is 3.27. The molecule has 4 N–H and O–H groups in total. The maximum absolute atomic E-state index is 12.7. The monoisotopic (exact) mass is 416 g/mol. The topological polar surface area (TPSA) is 139 Å². The van der Waals surface area contributed by atoms with Crippen LogP contribution in [0.15, 0.2) is 51.7 Å². The Morgan fingerprint density at radius 3 is 2.50 bits per heavy atom. The first-order chi connectivity index (χ1) is 14.4. The third-order valence-corrected chi connectivity index (χ3v) is 4.88. The number of hydrogen-bond acceptors (Lipinski definition) is 9. The summed E-state index contributed by atoms with van der Waals surface area (Å²) in [5.74, 6) is -0.498. The van der Waals surface area contributed by atoms with Crippen LogP contribution in [0.3, 0.4) is 0 Å². The van der Waals surface area contributed by atoms with Crippen LogP contribution in [0, 0.1) is 0 Å². The molecule has 0 saturated carbocycles. The number of phenolic OH excluding ortho intramolecular Hbond substituents is 1. The van der Waals surface area contributed by atoms with E-state index < -0.39 is 35.8 Å². The minimum Gasteiger partial charge on any atom is -0.504 e. The summed E-state index contributed by atoms with van der Waals surface area (Å²) in [5, 5.41) is 40.1. The third kappa shape index (κ3) is 3.48. The number of methoxy groups -OCH3 is 1. The van der Waals surface area contributed by atoms with Crippen LogP contribution in [0.2, 0.25) is 0 Å². The van der Waals surface area contributed by atoms with Crippen LogP contribution in [0.25, 0.3) is 22.3 Å². The van der Waals surface area contributed by atoms with Crippen LogP contribution < -0.4 is 14.9 Å². The van der Waals surface area contributed by atoms with Crippen molar-refractivity contribution < 1.29 is 39.1 Å². The van der Waals surface area contributed by atoms with Crippen molar-refractivity contribution >= 4 is 11.0 Å². The zero-order valence-corrected chi connectivity index (χ0v) is 15.9. The third-order valence-electron chi connectivity index (χ3n) is 4.88. The number of ether oxygens (including phenoxy) is 3. The molecule has 1 fully saturated rings. The number of aliphatic hydroxyl groups excluding tert-OH is 3. The summed E-state index contributed by atoms with van der Waals surface area (Å²) in [6.45, 7) is -0.290. The van der Waals surface area contributed by atoms with Gasteiger partial charge in [0, 0.05) is 17.7 Å². The van der Waals surface area contributed by atoms with E-state index in [2.05, 4.69) is 0 Å². The number of phenols is 1. The highest BCUT2D eigenvalue weighted by molar-refractivity contribution is 5.89. The normalized spacial score (nSPS) is 24.0. The fourth-order valence-electron chi connectivity index (χ4n) is 3.27. The van der Waals surface area contributed by atoms with E-state index in [1.807, 2.05) is 6.07 Å². The Bertz CT molecular complexity index is 1110. The van der Waals surface area contributed by atoms with E-state index in [0.717, 1.165) is 0 Å². The highest BCUT2D eigenvalue weighted by Gasteiger charge is 2.40. The van der Waals surface area contributed by atoms with Gasteiger partial charge in [-0.05, 0) is 0 Å². The van der Waals surface area contributed by atoms with Crippen LogP contribution >= 0.6 is 0 Å². The molecule has 1 aliphatic rings. The fraction of sp³-hybridized carbons (Fsp3) is 0.286. The highest BCUT2D eigenvalue weighted by Crippen LogP contribution is 2.43. The quantitative estimate of drug-likeness (QED) is 0.490. The average molecular weight is 416 g/mol. The molecular formula is C21H20O9. The van der Waals surface area contributed by atoms with Gasteiger partial charge in [-0.1, -0.05) is 30.3 Å². The first kappa shape index (κ1) is 20.2. The van der Waals surface area contributed by atoms with Crippen molar-refractivity contribution in [3.63, 3.8) is 0 Å². The number of fused-ring (bicyclic) bond motifs is 1.